The van der Waals surface area contributed by atoms with Crippen molar-refractivity contribution in [2.45, 2.75) is 32.7 Å². The lowest BCUT2D eigenvalue weighted by molar-refractivity contribution is -0.112. The molecule has 1 aliphatic carbocycles. The first-order valence-corrected chi connectivity index (χ1v) is 7.85. The van der Waals surface area contributed by atoms with Crippen molar-refractivity contribution in [2.75, 3.05) is 11.9 Å². The molecule has 0 atom stereocenters. The van der Waals surface area contributed by atoms with Crippen LogP contribution in [0.4, 0.5) is 5.69 Å². The lowest BCUT2D eigenvalue weighted by Crippen LogP contribution is -2.20. The molecule has 1 aliphatic heterocycles. The zero-order chi connectivity index (χ0) is 15.4. The molecule has 1 fully saturated rings. The lowest BCUT2D eigenvalue weighted by Gasteiger charge is -2.08. The molecule has 22 heavy (non-hydrogen) atoms. The van der Waals surface area contributed by atoms with Crippen LogP contribution in [0.15, 0.2) is 30.3 Å². The van der Waals surface area contributed by atoms with Gasteiger partial charge in [-0.25, -0.2) is 0 Å². The van der Waals surface area contributed by atoms with Crippen LogP contribution in [0.5, 0.6) is 0 Å². The highest BCUT2D eigenvalue weighted by Crippen LogP contribution is 2.40. The van der Waals surface area contributed by atoms with E-state index >= 15 is 0 Å². The van der Waals surface area contributed by atoms with Gasteiger partial charge < -0.3 is 9.47 Å². The Hall–Kier alpha value is -2.29. The summed E-state index contributed by atoms with van der Waals surface area (Å²) in [7, 11) is 1.84. The monoisotopic (exact) mass is 292 g/mol. The Balaban J connectivity index is 1.84. The van der Waals surface area contributed by atoms with Gasteiger partial charge in [-0.05, 0) is 50.5 Å². The molecular formula is C19H20N2O. The van der Waals surface area contributed by atoms with Gasteiger partial charge in [0.1, 0.15) is 0 Å². The Morgan fingerprint density at radius 2 is 1.91 bits per heavy atom. The number of hydrogen-bond donors (Lipinski definition) is 0. The van der Waals surface area contributed by atoms with Crippen LogP contribution >= 0.6 is 0 Å². The van der Waals surface area contributed by atoms with E-state index in [1.807, 2.05) is 31.3 Å². The smallest absolute Gasteiger partial charge is 0.258 e. The van der Waals surface area contributed by atoms with Crippen LogP contribution in [0.25, 0.3) is 11.6 Å². The number of hydrogen-bond acceptors (Lipinski definition) is 1. The van der Waals surface area contributed by atoms with Gasteiger partial charge in [-0.15, -0.1) is 0 Å². The summed E-state index contributed by atoms with van der Waals surface area (Å²) in [5, 5.41) is 0. The maximum absolute atomic E-state index is 12.6. The van der Waals surface area contributed by atoms with Crippen molar-refractivity contribution in [1.29, 1.82) is 0 Å². The number of carbonyl (C=O) groups is 1. The van der Waals surface area contributed by atoms with Crippen LogP contribution in [0.3, 0.4) is 0 Å². The molecule has 2 aliphatic rings. The molecule has 1 saturated carbocycles. The zero-order valence-electron chi connectivity index (χ0n) is 13.3. The SMILES string of the molecule is Cc1cc(/C=C2/C(=O)N(C)c3ccccc32)c(C)n1C1CC1. The Labute approximate surface area is 130 Å². The van der Waals surface area contributed by atoms with E-state index in [9.17, 15) is 4.79 Å². The number of anilines is 1. The third kappa shape index (κ3) is 1.85. The van der Waals surface area contributed by atoms with E-state index in [0.717, 1.165) is 22.4 Å². The van der Waals surface area contributed by atoms with Gasteiger partial charge in [0, 0.05) is 35.6 Å². The van der Waals surface area contributed by atoms with Crippen LogP contribution in [0.1, 0.15) is 41.4 Å². The standard InChI is InChI=1S/C19H20N2O/c1-12-10-14(13(2)21(12)15-8-9-15)11-17-16-6-4-5-7-18(16)20(3)19(17)22/h4-7,10-11,15H,8-9H2,1-3H3/b17-11+. The quantitative estimate of drug-likeness (QED) is 0.769. The molecule has 1 aromatic heterocycles. The third-order valence-electron chi connectivity index (χ3n) is 4.83. The number of aryl methyl sites for hydroxylation is 1. The highest BCUT2D eigenvalue weighted by atomic mass is 16.2. The largest absolute Gasteiger partial charge is 0.346 e. The fourth-order valence-electron chi connectivity index (χ4n) is 3.54. The van der Waals surface area contributed by atoms with E-state index in [2.05, 4.69) is 30.6 Å². The molecule has 0 saturated heterocycles. The average molecular weight is 292 g/mol. The van der Waals surface area contributed by atoms with Crippen molar-refractivity contribution in [3.8, 4) is 0 Å². The minimum absolute atomic E-state index is 0.0809. The van der Waals surface area contributed by atoms with Gasteiger partial charge in [0.05, 0.1) is 5.69 Å². The van der Waals surface area contributed by atoms with Crippen LogP contribution < -0.4 is 4.90 Å². The molecule has 2 heterocycles. The van der Waals surface area contributed by atoms with Crippen LogP contribution in [0, 0.1) is 13.8 Å². The van der Waals surface area contributed by atoms with Crippen molar-refractivity contribution in [3.63, 3.8) is 0 Å². The van der Waals surface area contributed by atoms with E-state index in [1.54, 1.807) is 4.90 Å². The number of nitrogens with zero attached hydrogens (tertiary/aromatic N) is 2. The van der Waals surface area contributed by atoms with Gasteiger partial charge in [-0.1, -0.05) is 18.2 Å². The van der Waals surface area contributed by atoms with Crippen LogP contribution in [-0.2, 0) is 4.79 Å². The number of carbonyl (C=O) groups excluding carboxylic acids is 1. The summed E-state index contributed by atoms with van der Waals surface area (Å²) in [6.45, 7) is 4.32. The number of benzene rings is 1. The first-order chi connectivity index (χ1) is 10.6. The van der Waals surface area contributed by atoms with Crippen molar-refractivity contribution in [1.82, 2.24) is 4.57 Å². The Kier molecular flexibility index (Phi) is 2.80. The highest BCUT2D eigenvalue weighted by molar-refractivity contribution is 6.35. The van der Waals surface area contributed by atoms with Crippen molar-refractivity contribution >= 4 is 23.2 Å². The summed E-state index contributed by atoms with van der Waals surface area (Å²) in [5.41, 5.74) is 6.55. The average Bonchev–Trinajstić information content (AvgIpc) is 3.26. The lowest BCUT2D eigenvalue weighted by atomic mass is 10.0. The number of fused-ring (bicyclic) bond motifs is 1. The Morgan fingerprint density at radius 1 is 1.18 bits per heavy atom. The second-order valence-corrected chi connectivity index (χ2v) is 6.37. The van der Waals surface area contributed by atoms with Crippen molar-refractivity contribution in [2.24, 2.45) is 0 Å². The molecule has 4 rings (SSSR count). The molecule has 0 N–H and O–H groups in total. The van der Waals surface area contributed by atoms with Gasteiger partial charge in [0.15, 0.2) is 0 Å². The topological polar surface area (TPSA) is 25.2 Å². The van der Waals surface area contributed by atoms with E-state index in [1.165, 1.54) is 24.2 Å². The molecule has 0 bridgehead atoms. The number of amides is 1. The summed E-state index contributed by atoms with van der Waals surface area (Å²) in [6.07, 6.45) is 4.61. The highest BCUT2D eigenvalue weighted by Gasteiger charge is 2.30. The molecule has 1 aromatic carbocycles. The molecule has 2 aromatic rings. The molecule has 0 unspecified atom stereocenters. The van der Waals surface area contributed by atoms with Gasteiger partial charge in [-0.2, -0.15) is 0 Å². The van der Waals surface area contributed by atoms with E-state index in [4.69, 9.17) is 0 Å². The van der Waals surface area contributed by atoms with Crippen LogP contribution in [0.2, 0.25) is 0 Å². The molecule has 0 spiro atoms. The number of aromatic nitrogens is 1. The summed E-state index contributed by atoms with van der Waals surface area (Å²) in [4.78, 5) is 14.3. The fraction of sp³-hybridized carbons (Fsp3) is 0.316. The van der Waals surface area contributed by atoms with Gasteiger partial charge in [-0.3, -0.25) is 4.79 Å². The molecular weight excluding hydrogens is 272 g/mol. The summed E-state index contributed by atoms with van der Waals surface area (Å²) < 4.78 is 2.42. The molecule has 3 heteroatoms. The first kappa shape index (κ1) is 13.4. The first-order valence-electron chi connectivity index (χ1n) is 7.85. The fourth-order valence-corrected chi connectivity index (χ4v) is 3.54. The Bertz CT molecular complexity index is 809. The second-order valence-electron chi connectivity index (χ2n) is 6.37. The van der Waals surface area contributed by atoms with Gasteiger partial charge >= 0.3 is 0 Å². The zero-order valence-corrected chi connectivity index (χ0v) is 13.3. The minimum atomic E-state index is 0.0809. The normalized spacial score (nSPS) is 19.1. The number of likely N-dealkylation sites (N-methyl/N-ethyl adjacent to an activating group) is 1. The van der Waals surface area contributed by atoms with Gasteiger partial charge in [0.25, 0.3) is 5.91 Å². The van der Waals surface area contributed by atoms with Crippen molar-refractivity contribution < 1.29 is 4.79 Å². The molecule has 112 valence electrons. The van der Waals surface area contributed by atoms with E-state index in [0.29, 0.717) is 6.04 Å². The number of para-hydroxylation sites is 1. The minimum Gasteiger partial charge on any atom is -0.346 e. The summed E-state index contributed by atoms with van der Waals surface area (Å²) in [6, 6.07) is 10.9. The summed E-state index contributed by atoms with van der Waals surface area (Å²) >= 11 is 0. The number of rotatable bonds is 2. The molecule has 3 nitrogen and oxygen atoms in total. The predicted molar refractivity (Wildman–Crippen MR) is 89.9 cm³/mol. The maximum atomic E-state index is 12.6. The van der Waals surface area contributed by atoms with E-state index in [-0.39, 0.29) is 5.91 Å². The maximum Gasteiger partial charge on any atom is 0.258 e. The molecule has 1 amide bonds. The second kappa shape index (κ2) is 4.60. The van der Waals surface area contributed by atoms with Crippen molar-refractivity contribution in [3.05, 3.63) is 52.8 Å². The summed E-state index contributed by atoms with van der Waals surface area (Å²) in [5.74, 6) is 0.0809. The van der Waals surface area contributed by atoms with Gasteiger partial charge in [0.2, 0.25) is 0 Å². The predicted octanol–water partition coefficient (Wildman–Crippen LogP) is 3.96. The third-order valence-corrected chi connectivity index (χ3v) is 4.83. The molecule has 0 radical (unpaired) electrons. The van der Waals surface area contributed by atoms with E-state index < -0.39 is 0 Å². The van der Waals surface area contributed by atoms with Crippen LogP contribution in [-0.4, -0.2) is 17.5 Å². The Morgan fingerprint density at radius 3 is 2.64 bits per heavy atom.